The van der Waals surface area contributed by atoms with Gasteiger partial charge in [0.05, 0.1) is 15.6 Å². The van der Waals surface area contributed by atoms with Gasteiger partial charge in [0.2, 0.25) is 0 Å². The number of hydrogen-bond acceptors (Lipinski definition) is 3. The Hall–Kier alpha value is -1.08. The number of anilines is 1. The minimum Gasteiger partial charge on any atom is -0.326 e. The molecule has 0 spiro atoms. The van der Waals surface area contributed by atoms with E-state index in [1.165, 1.54) is 12.1 Å². The molecule has 0 atom stereocenters. The minimum absolute atomic E-state index is 0.150. The van der Waals surface area contributed by atoms with Crippen molar-refractivity contribution in [1.82, 2.24) is 0 Å². The molecule has 0 aliphatic heterocycles. The van der Waals surface area contributed by atoms with Crippen LogP contribution in [0.1, 0.15) is 5.56 Å². The molecule has 0 saturated carbocycles. The van der Waals surface area contributed by atoms with Gasteiger partial charge in [-0.3, -0.25) is 4.72 Å². The summed E-state index contributed by atoms with van der Waals surface area (Å²) in [7, 11) is -3.70. The van der Waals surface area contributed by atoms with Crippen molar-refractivity contribution in [2.75, 3.05) is 4.72 Å². The quantitative estimate of drug-likeness (QED) is 0.860. The summed E-state index contributed by atoms with van der Waals surface area (Å²) >= 11 is 9.25. The number of nitrogens with two attached hydrogens (primary N) is 1. The third-order valence-corrected chi connectivity index (χ3v) is 4.80. The molecule has 0 unspecified atom stereocenters. The Morgan fingerprint density at radius 2 is 1.95 bits per heavy atom. The van der Waals surface area contributed by atoms with Crippen molar-refractivity contribution in [2.24, 2.45) is 5.73 Å². The molecule has 0 aliphatic rings. The van der Waals surface area contributed by atoms with Gasteiger partial charge in [0, 0.05) is 11.0 Å². The highest BCUT2D eigenvalue weighted by molar-refractivity contribution is 9.10. The predicted molar refractivity (Wildman–Crippen MR) is 84.3 cm³/mol. The molecule has 2 aromatic carbocycles. The fourth-order valence-corrected chi connectivity index (χ4v) is 3.34. The van der Waals surface area contributed by atoms with Crippen LogP contribution in [0.25, 0.3) is 0 Å². The average Bonchev–Trinajstić information content (AvgIpc) is 2.43. The van der Waals surface area contributed by atoms with Gasteiger partial charge < -0.3 is 5.73 Å². The fraction of sp³-hybridized carbons (Fsp3) is 0.0769. The van der Waals surface area contributed by atoms with Crippen molar-refractivity contribution in [3.05, 3.63) is 57.5 Å². The van der Waals surface area contributed by atoms with Gasteiger partial charge in [-0.1, -0.05) is 39.7 Å². The largest absolute Gasteiger partial charge is 0.326 e. The molecule has 0 fully saturated rings. The van der Waals surface area contributed by atoms with Crippen LogP contribution in [-0.2, 0) is 16.6 Å². The lowest BCUT2D eigenvalue weighted by Crippen LogP contribution is -2.13. The van der Waals surface area contributed by atoms with Crippen molar-refractivity contribution in [2.45, 2.75) is 11.4 Å². The van der Waals surface area contributed by atoms with Crippen LogP contribution in [-0.4, -0.2) is 8.42 Å². The highest BCUT2D eigenvalue weighted by Crippen LogP contribution is 2.28. The highest BCUT2D eigenvalue weighted by atomic mass is 79.9. The van der Waals surface area contributed by atoms with Crippen LogP contribution in [0, 0.1) is 0 Å². The molecule has 2 rings (SSSR count). The Morgan fingerprint density at radius 3 is 2.65 bits per heavy atom. The van der Waals surface area contributed by atoms with Crippen molar-refractivity contribution in [3.8, 4) is 0 Å². The van der Waals surface area contributed by atoms with Crippen LogP contribution in [0.15, 0.2) is 51.8 Å². The molecular formula is C13H12BrClN2O2S. The van der Waals surface area contributed by atoms with E-state index in [4.69, 9.17) is 17.3 Å². The van der Waals surface area contributed by atoms with Crippen molar-refractivity contribution in [1.29, 1.82) is 0 Å². The lowest BCUT2D eigenvalue weighted by molar-refractivity contribution is 0.601. The molecule has 0 amide bonds. The summed E-state index contributed by atoms with van der Waals surface area (Å²) in [4.78, 5) is 0.150. The van der Waals surface area contributed by atoms with E-state index in [0.717, 1.165) is 10.0 Å². The Kier molecular flexibility index (Phi) is 4.70. The van der Waals surface area contributed by atoms with Gasteiger partial charge in [-0.15, -0.1) is 0 Å². The second kappa shape index (κ2) is 6.13. The van der Waals surface area contributed by atoms with Crippen LogP contribution in [0.3, 0.4) is 0 Å². The van der Waals surface area contributed by atoms with Crippen molar-refractivity contribution >= 4 is 43.2 Å². The minimum atomic E-state index is -3.70. The van der Waals surface area contributed by atoms with Crippen LogP contribution in [0.5, 0.6) is 0 Å². The van der Waals surface area contributed by atoms with Crippen LogP contribution >= 0.6 is 27.5 Å². The van der Waals surface area contributed by atoms with E-state index in [1.807, 2.05) is 0 Å². The molecule has 3 N–H and O–H groups in total. The van der Waals surface area contributed by atoms with Crippen LogP contribution < -0.4 is 10.5 Å². The topological polar surface area (TPSA) is 72.2 Å². The lowest BCUT2D eigenvalue weighted by Gasteiger charge is -2.10. The number of nitrogens with one attached hydrogen (secondary N) is 1. The van der Waals surface area contributed by atoms with E-state index in [0.29, 0.717) is 10.7 Å². The zero-order chi connectivity index (χ0) is 14.8. The van der Waals surface area contributed by atoms with Crippen molar-refractivity contribution in [3.63, 3.8) is 0 Å². The van der Waals surface area contributed by atoms with Gasteiger partial charge in [0.15, 0.2) is 0 Å². The summed E-state index contributed by atoms with van der Waals surface area (Å²) in [6, 6.07) is 11.4. The molecule has 0 heterocycles. The zero-order valence-electron chi connectivity index (χ0n) is 10.3. The van der Waals surface area contributed by atoms with Gasteiger partial charge >= 0.3 is 0 Å². The Bertz CT molecular complexity index is 735. The van der Waals surface area contributed by atoms with E-state index in [9.17, 15) is 8.42 Å². The SMILES string of the molecule is NCc1cccc(S(=O)(=O)Nc2cc(Br)ccc2Cl)c1. The van der Waals surface area contributed by atoms with E-state index < -0.39 is 10.0 Å². The summed E-state index contributed by atoms with van der Waals surface area (Å²) in [5.41, 5.74) is 6.58. The molecule has 20 heavy (non-hydrogen) atoms. The summed E-state index contributed by atoms with van der Waals surface area (Å²) in [5, 5.41) is 0.326. The molecule has 0 saturated heterocycles. The molecule has 4 nitrogen and oxygen atoms in total. The first-order chi connectivity index (χ1) is 9.42. The molecule has 7 heteroatoms. The molecule has 2 aromatic rings. The normalized spacial score (nSPS) is 11.3. The van der Waals surface area contributed by atoms with Gasteiger partial charge in [-0.05, 0) is 35.9 Å². The lowest BCUT2D eigenvalue weighted by atomic mass is 10.2. The van der Waals surface area contributed by atoms with Gasteiger partial charge in [-0.2, -0.15) is 0 Å². The number of halogens is 2. The van der Waals surface area contributed by atoms with Crippen molar-refractivity contribution < 1.29 is 8.42 Å². The van der Waals surface area contributed by atoms with E-state index in [2.05, 4.69) is 20.7 Å². The Labute approximate surface area is 131 Å². The maximum atomic E-state index is 12.3. The Balaban J connectivity index is 2.38. The molecule has 106 valence electrons. The molecular weight excluding hydrogens is 364 g/mol. The first-order valence-electron chi connectivity index (χ1n) is 5.69. The second-order valence-electron chi connectivity index (χ2n) is 4.08. The maximum absolute atomic E-state index is 12.3. The first kappa shape index (κ1) is 15.3. The van der Waals surface area contributed by atoms with E-state index in [1.54, 1.807) is 30.3 Å². The second-order valence-corrected chi connectivity index (χ2v) is 7.09. The maximum Gasteiger partial charge on any atom is 0.261 e. The number of benzene rings is 2. The standard InChI is InChI=1S/C13H12BrClN2O2S/c14-10-4-5-12(15)13(7-10)17-20(18,19)11-3-1-2-9(6-11)8-16/h1-7,17H,8,16H2. The van der Waals surface area contributed by atoms with E-state index >= 15 is 0 Å². The summed E-state index contributed by atoms with van der Waals surface area (Å²) in [6.45, 7) is 0.279. The number of rotatable bonds is 4. The highest BCUT2D eigenvalue weighted by Gasteiger charge is 2.16. The molecule has 0 radical (unpaired) electrons. The van der Waals surface area contributed by atoms with E-state index in [-0.39, 0.29) is 11.4 Å². The summed E-state index contributed by atoms with van der Waals surface area (Å²) in [6.07, 6.45) is 0. The molecule has 0 aromatic heterocycles. The van der Waals surface area contributed by atoms with Crippen LogP contribution in [0.4, 0.5) is 5.69 Å². The van der Waals surface area contributed by atoms with Gasteiger partial charge in [0.25, 0.3) is 10.0 Å². The molecule has 0 bridgehead atoms. The smallest absolute Gasteiger partial charge is 0.261 e. The fourth-order valence-electron chi connectivity index (χ4n) is 1.62. The van der Waals surface area contributed by atoms with Gasteiger partial charge in [-0.25, -0.2) is 8.42 Å². The van der Waals surface area contributed by atoms with Gasteiger partial charge in [0.1, 0.15) is 0 Å². The third-order valence-electron chi connectivity index (χ3n) is 2.62. The number of sulfonamides is 1. The first-order valence-corrected chi connectivity index (χ1v) is 8.34. The molecule has 0 aliphatic carbocycles. The average molecular weight is 376 g/mol. The zero-order valence-corrected chi connectivity index (χ0v) is 13.5. The third kappa shape index (κ3) is 3.52. The van der Waals surface area contributed by atoms with Crippen LogP contribution in [0.2, 0.25) is 5.02 Å². The predicted octanol–water partition coefficient (Wildman–Crippen LogP) is 3.36. The summed E-state index contributed by atoms with van der Waals surface area (Å²) < 4.78 is 27.8. The Morgan fingerprint density at radius 1 is 1.20 bits per heavy atom. The summed E-state index contributed by atoms with van der Waals surface area (Å²) in [5.74, 6) is 0. The monoisotopic (exact) mass is 374 g/mol. The number of hydrogen-bond donors (Lipinski definition) is 2.